The van der Waals surface area contributed by atoms with Crippen molar-refractivity contribution in [3.05, 3.63) is 111 Å². The largest absolute Gasteiger partial charge is 0.508 e. The predicted octanol–water partition coefficient (Wildman–Crippen LogP) is 4.83. The summed E-state index contributed by atoms with van der Waals surface area (Å²) >= 11 is 0. The van der Waals surface area contributed by atoms with E-state index in [9.17, 15) is 50.1 Å². The van der Waals surface area contributed by atoms with Gasteiger partial charge in [-0.05, 0) is 72.4 Å². The Balaban J connectivity index is 0.000000246. The minimum absolute atomic E-state index is 0.0173. The fraction of sp³-hybridized carbons (Fsp3) is 0.356. The van der Waals surface area contributed by atoms with E-state index < -0.39 is 95.7 Å². The molecule has 1 heterocycles. The van der Waals surface area contributed by atoms with Crippen LogP contribution >= 0.6 is 0 Å². The van der Waals surface area contributed by atoms with Gasteiger partial charge in [-0.3, -0.25) is 14.4 Å². The number of carbonyl (C=O) groups is 3. The maximum Gasteiger partial charge on any atom is 0.202 e. The molecule has 1 saturated heterocycles. The first kappa shape index (κ1) is 43.0. The lowest BCUT2D eigenvalue weighted by Crippen LogP contribution is -2.53. The Morgan fingerprint density at radius 1 is 0.847 bits per heavy atom. The lowest BCUT2D eigenvalue weighted by atomic mass is 9.72. The average molecular weight is 812 g/mol. The maximum atomic E-state index is 13.6. The third-order valence-corrected chi connectivity index (χ3v) is 11.3. The number of hydrogen-bond donors (Lipinski definition) is 8. The van der Waals surface area contributed by atoms with Gasteiger partial charge >= 0.3 is 0 Å². The fourth-order valence-electron chi connectivity index (χ4n) is 8.26. The van der Waals surface area contributed by atoms with E-state index in [2.05, 4.69) is 13.8 Å². The first-order chi connectivity index (χ1) is 28.1. The molecule has 0 aromatic heterocycles. The zero-order valence-corrected chi connectivity index (χ0v) is 33.1. The molecule has 14 heteroatoms. The van der Waals surface area contributed by atoms with Crippen molar-refractivity contribution in [2.45, 2.75) is 89.1 Å². The van der Waals surface area contributed by atoms with Crippen molar-refractivity contribution in [1.82, 2.24) is 0 Å². The van der Waals surface area contributed by atoms with Gasteiger partial charge in [0.1, 0.15) is 41.0 Å². The number of ketones is 3. The van der Waals surface area contributed by atoms with Crippen molar-refractivity contribution in [2.75, 3.05) is 13.7 Å². The summed E-state index contributed by atoms with van der Waals surface area (Å²) in [6.07, 6.45) is -3.27. The molecule has 0 saturated carbocycles. The molecule has 0 radical (unpaired) electrons. The van der Waals surface area contributed by atoms with Crippen LogP contribution < -0.4 is 10.5 Å². The van der Waals surface area contributed by atoms with Gasteiger partial charge in [-0.25, -0.2) is 0 Å². The second-order valence-electron chi connectivity index (χ2n) is 14.9. The van der Waals surface area contributed by atoms with Crippen LogP contribution in [0.15, 0.2) is 66.7 Å². The maximum absolute atomic E-state index is 13.6. The lowest BCUT2D eigenvalue weighted by Gasteiger charge is -2.42. The minimum atomic E-state index is -2.24. The normalized spacial score (nSPS) is 23.8. The summed E-state index contributed by atoms with van der Waals surface area (Å²) in [4.78, 5) is 39.7. The molecular weight excluding hydrogens is 762 g/mol. The number of phenolic OH excluding ortho intramolecular Hbond substituents is 4. The molecule has 0 amide bonds. The quantitative estimate of drug-likeness (QED) is 0.0734. The number of hydrogen-bond acceptors (Lipinski definition) is 14. The monoisotopic (exact) mass is 811 g/mol. The van der Waals surface area contributed by atoms with E-state index in [-0.39, 0.29) is 45.9 Å². The van der Waals surface area contributed by atoms with E-state index in [0.29, 0.717) is 0 Å². The molecule has 3 aliphatic rings. The number of rotatable bonds is 9. The summed E-state index contributed by atoms with van der Waals surface area (Å²) < 4.78 is 17.0. The molecule has 1 aliphatic heterocycles. The van der Waals surface area contributed by atoms with Crippen molar-refractivity contribution in [3.63, 3.8) is 0 Å². The Labute approximate surface area is 340 Å². The van der Waals surface area contributed by atoms with Crippen molar-refractivity contribution in [3.8, 4) is 28.7 Å². The van der Waals surface area contributed by atoms with E-state index in [1.807, 2.05) is 24.3 Å². The van der Waals surface area contributed by atoms with Crippen LogP contribution in [-0.4, -0.2) is 97.0 Å². The van der Waals surface area contributed by atoms with Crippen LogP contribution in [0, 0.1) is 0 Å². The number of aliphatic hydroxyl groups excluding tert-OH is 2. The third-order valence-electron chi connectivity index (χ3n) is 11.3. The fourth-order valence-corrected chi connectivity index (χ4v) is 8.26. The topological polar surface area (TPSA) is 247 Å². The van der Waals surface area contributed by atoms with Gasteiger partial charge in [0, 0.05) is 42.0 Å². The van der Waals surface area contributed by atoms with Crippen LogP contribution in [0.3, 0.4) is 0 Å². The number of benzene rings is 4. The van der Waals surface area contributed by atoms with Gasteiger partial charge in [0.15, 0.2) is 17.9 Å². The summed E-state index contributed by atoms with van der Waals surface area (Å²) in [6, 6.07) is 18.3. The molecule has 14 nitrogen and oxygen atoms in total. The zero-order chi connectivity index (χ0) is 42.9. The highest BCUT2D eigenvalue weighted by atomic mass is 16.7. The summed E-state index contributed by atoms with van der Waals surface area (Å²) in [6.45, 7) is 4.83. The number of phenols is 4. The summed E-state index contributed by atoms with van der Waals surface area (Å²) in [7, 11) is 1.32. The molecule has 2 aliphatic carbocycles. The smallest absolute Gasteiger partial charge is 0.202 e. The van der Waals surface area contributed by atoms with E-state index in [0.717, 1.165) is 24.0 Å². The first-order valence-electron chi connectivity index (χ1n) is 19.4. The van der Waals surface area contributed by atoms with Gasteiger partial charge in [0.25, 0.3) is 0 Å². The first-order valence-corrected chi connectivity index (χ1v) is 19.4. The van der Waals surface area contributed by atoms with Crippen molar-refractivity contribution in [2.24, 2.45) is 5.73 Å². The number of ether oxygens (including phenoxy) is 3. The van der Waals surface area contributed by atoms with E-state index in [1.165, 1.54) is 36.5 Å². The van der Waals surface area contributed by atoms with Gasteiger partial charge in [-0.1, -0.05) is 50.2 Å². The highest BCUT2D eigenvalue weighted by molar-refractivity contribution is 6.31. The van der Waals surface area contributed by atoms with Crippen molar-refractivity contribution < 1.29 is 64.3 Å². The summed E-state index contributed by atoms with van der Waals surface area (Å²) in [5.41, 5.74) is 7.19. The number of allylic oxidation sites excluding steroid dienone is 2. The van der Waals surface area contributed by atoms with E-state index >= 15 is 0 Å². The molecule has 7 rings (SSSR count). The Morgan fingerprint density at radius 3 is 1.92 bits per heavy atom. The van der Waals surface area contributed by atoms with Crippen LogP contribution in [0.25, 0.3) is 11.1 Å². The van der Waals surface area contributed by atoms with Gasteiger partial charge in [0.2, 0.25) is 5.78 Å². The van der Waals surface area contributed by atoms with Crippen molar-refractivity contribution in [1.29, 1.82) is 0 Å². The predicted molar refractivity (Wildman–Crippen MR) is 215 cm³/mol. The molecule has 0 unspecified atom stereocenters. The molecule has 4 aromatic carbocycles. The Hall–Kier alpha value is -5.61. The standard InChI is InChI=1S/C27H29NO11.C18H20O2/c1-10-22(31)13(28)6-17(38-10)39-15-8-27(36,16(30)9-29)7-12-19(15)26(35)21-20(24(12)33)23(32)11-4-3-5-14(37-2)18(11)25(21)34;1-3-17(13-5-9-15(19)10-6-13)18(4-2)14-7-11-16(20)12-8-14/h3-5,10,13,15,17,22,29,31,33,35-36H,6-9,28H2,1-2H3;5-12,19-20H,3-4H2,1-2H3/b;18-17+/t10-,13-,15-,17-,22+,27-;/m0./s1. The van der Waals surface area contributed by atoms with Crippen LogP contribution in [0.2, 0.25) is 0 Å². The molecule has 0 spiro atoms. The average Bonchev–Trinajstić information content (AvgIpc) is 3.22. The zero-order valence-electron chi connectivity index (χ0n) is 33.1. The van der Waals surface area contributed by atoms with Crippen molar-refractivity contribution >= 4 is 28.5 Å². The number of methoxy groups -OCH3 is 1. The molecule has 0 bridgehead atoms. The second-order valence-corrected chi connectivity index (χ2v) is 14.9. The number of Topliss-reactive ketones (excluding diaryl/α,β-unsaturated/α-hetero) is 1. The van der Waals surface area contributed by atoms with Gasteiger partial charge < -0.3 is 55.7 Å². The number of aliphatic hydroxyl groups is 3. The molecule has 312 valence electrons. The molecule has 9 N–H and O–H groups in total. The Bertz CT molecular complexity index is 2220. The molecule has 6 atom stereocenters. The summed E-state index contributed by atoms with van der Waals surface area (Å²) in [5, 5.41) is 72.5. The number of fused-ring (bicyclic) bond motifs is 3. The molecule has 59 heavy (non-hydrogen) atoms. The number of carbonyl (C=O) groups excluding carboxylic acids is 3. The summed E-state index contributed by atoms with van der Waals surface area (Å²) in [5.74, 6) is -3.21. The van der Waals surface area contributed by atoms with Gasteiger partial charge in [0.05, 0.1) is 42.1 Å². The molecule has 1 fully saturated rings. The highest BCUT2D eigenvalue weighted by Crippen LogP contribution is 2.52. The third kappa shape index (κ3) is 8.07. The van der Waals surface area contributed by atoms with Crippen LogP contribution in [0.1, 0.15) is 107 Å². The van der Waals surface area contributed by atoms with E-state index in [4.69, 9.17) is 19.9 Å². The Morgan fingerprint density at radius 2 is 1.41 bits per heavy atom. The second kappa shape index (κ2) is 17.3. The SMILES string of the molecule is CC/C(=C(/CC)c1ccc(O)cc1)c1ccc(O)cc1.COc1cccc2c1C(=O)c1c(O)c3c(c(O)c1C2=O)C[C@@](O)(C(=O)CO)C[C@@H]3O[C@H]1C[C@H](N)[C@H](O)[C@H](C)O1. The molecular formula is C45H49NO13. The highest BCUT2D eigenvalue weighted by Gasteiger charge is 2.50. The van der Waals surface area contributed by atoms with Crippen LogP contribution in [0.5, 0.6) is 28.7 Å². The lowest BCUT2D eigenvalue weighted by molar-refractivity contribution is -0.247. The van der Waals surface area contributed by atoms with Crippen LogP contribution in [0.4, 0.5) is 0 Å². The number of nitrogens with two attached hydrogens (primary N) is 1. The van der Waals surface area contributed by atoms with Crippen LogP contribution in [-0.2, 0) is 20.7 Å². The molecule has 4 aromatic rings. The van der Waals surface area contributed by atoms with E-state index in [1.54, 1.807) is 31.2 Å². The number of aromatic hydroxyl groups is 4. The van der Waals surface area contributed by atoms with Gasteiger partial charge in [-0.15, -0.1) is 0 Å². The Kier molecular flexibility index (Phi) is 12.6. The minimum Gasteiger partial charge on any atom is -0.508 e. The van der Waals surface area contributed by atoms with Gasteiger partial charge in [-0.2, -0.15) is 0 Å².